The predicted molar refractivity (Wildman–Crippen MR) is 85.2 cm³/mol. The molecule has 0 amide bonds. The fourth-order valence-corrected chi connectivity index (χ4v) is 3.10. The molecular weight excluding hydrogens is 262 g/mol. The minimum absolute atomic E-state index is 0.0111. The van der Waals surface area contributed by atoms with Gasteiger partial charge in [0.15, 0.2) is 0 Å². The van der Waals surface area contributed by atoms with Crippen LogP contribution in [0.1, 0.15) is 18.4 Å². The minimum atomic E-state index is -0.0111. The lowest BCUT2D eigenvalue weighted by atomic mass is 9.81. The van der Waals surface area contributed by atoms with Crippen molar-refractivity contribution in [2.75, 3.05) is 26.4 Å². The lowest BCUT2D eigenvalue weighted by molar-refractivity contribution is -0.0154. The highest BCUT2D eigenvalue weighted by Crippen LogP contribution is 2.29. The molecule has 0 saturated carbocycles. The van der Waals surface area contributed by atoms with Gasteiger partial charge in [-0.05, 0) is 29.2 Å². The molecule has 3 nitrogen and oxygen atoms in total. The Kier molecular flexibility index (Phi) is 4.54. The summed E-state index contributed by atoms with van der Waals surface area (Å²) in [5.74, 6) is 0. The summed E-state index contributed by atoms with van der Waals surface area (Å²) >= 11 is 0. The normalized spacial score (nSPS) is 18.0. The number of nitrogens with one attached hydrogen (secondary N) is 1. The zero-order chi connectivity index (χ0) is 14.5. The van der Waals surface area contributed by atoms with Crippen LogP contribution in [0, 0.1) is 5.41 Å². The average molecular weight is 285 g/mol. The molecule has 0 bridgehead atoms. The van der Waals surface area contributed by atoms with Crippen molar-refractivity contribution in [3.8, 4) is 0 Å². The van der Waals surface area contributed by atoms with Crippen molar-refractivity contribution in [3.05, 3.63) is 48.0 Å². The van der Waals surface area contributed by atoms with E-state index in [1.807, 2.05) is 0 Å². The zero-order valence-corrected chi connectivity index (χ0v) is 12.3. The molecule has 2 N–H and O–H groups in total. The zero-order valence-electron chi connectivity index (χ0n) is 12.3. The van der Waals surface area contributed by atoms with Crippen molar-refractivity contribution < 1.29 is 9.84 Å². The third-order valence-electron chi connectivity index (χ3n) is 4.58. The fourth-order valence-electron chi connectivity index (χ4n) is 3.10. The molecule has 0 spiro atoms. The maximum Gasteiger partial charge on any atom is 0.0501 e. The van der Waals surface area contributed by atoms with E-state index in [-0.39, 0.29) is 12.0 Å². The lowest BCUT2D eigenvalue weighted by Gasteiger charge is -2.35. The Morgan fingerprint density at radius 1 is 1.05 bits per heavy atom. The maximum absolute atomic E-state index is 9.71. The Morgan fingerprint density at radius 3 is 2.62 bits per heavy atom. The van der Waals surface area contributed by atoms with Gasteiger partial charge in [0.1, 0.15) is 0 Å². The fraction of sp³-hybridized carbons (Fsp3) is 0.444. The van der Waals surface area contributed by atoms with E-state index in [0.717, 1.165) is 39.1 Å². The van der Waals surface area contributed by atoms with Crippen LogP contribution in [0.5, 0.6) is 0 Å². The van der Waals surface area contributed by atoms with Crippen LogP contribution in [0.4, 0.5) is 0 Å². The summed E-state index contributed by atoms with van der Waals surface area (Å²) in [4.78, 5) is 0. The highest BCUT2D eigenvalue weighted by atomic mass is 16.5. The molecule has 1 fully saturated rings. The second-order valence-corrected chi connectivity index (χ2v) is 6.01. The second kappa shape index (κ2) is 6.56. The van der Waals surface area contributed by atoms with Crippen LogP contribution in [0.25, 0.3) is 10.8 Å². The first-order valence-corrected chi connectivity index (χ1v) is 7.69. The van der Waals surface area contributed by atoms with E-state index in [4.69, 9.17) is 4.74 Å². The van der Waals surface area contributed by atoms with Crippen LogP contribution >= 0.6 is 0 Å². The number of ether oxygens (including phenoxy) is 1. The molecule has 0 aliphatic carbocycles. The number of fused-ring (bicyclic) bond motifs is 1. The van der Waals surface area contributed by atoms with Gasteiger partial charge in [-0.2, -0.15) is 0 Å². The number of aliphatic hydroxyl groups is 1. The molecule has 112 valence electrons. The van der Waals surface area contributed by atoms with Crippen molar-refractivity contribution in [1.29, 1.82) is 0 Å². The van der Waals surface area contributed by atoms with E-state index in [2.05, 4.69) is 47.8 Å². The van der Waals surface area contributed by atoms with Crippen LogP contribution in [0.2, 0.25) is 0 Å². The summed E-state index contributed by atoms with van der Waals surface area (Å²) in [6.45, 7) is 3.44. The van der Waals surface area contributed by atoms with E-state index < -0.39 is 0 Å². The van der Waals surface area contributed by atoms with Crippen molar-refractivity contribution >= 4 is 10.8 Å². The minimum Gasteiger partial charge on any atom is -0.396 e. The van der Waals surface area contributed by atoms with Gasteiger partial charge in [-0.25, -0.2) is 0 Å². The Labute approximate surface area is 125 Å². The van der Waals surface area contributed by atoms with Gasteiger partial charge in [-0.3, -0.25) is 0 Å². The molecule has 1 aliphatic rings. The van der Waals surface area contributed by atoms with E-state index in [1.165, 1.54) is 16.3 Å². The molecule has 0 atom stereocenters. The largest absolute Gasteiger partial charge is 0.396 e. The maximum atomic E-state index is 9.71. The molecule has 1 heterocycles. The number of hydrogen-bond acceptors (Lipinski definition) is 3. The topological polar surface area (TPSA) is 41.5 Å². The molecule has 0 aromatic heterocycles. The molecule has 2 aromatic carbocycles. The molecule has 1 aliphatic heterocycles. The third-order valence-corrected chi connectivity index (χ3v) is 4.58. The van der Waals surface area contributed by atoms with Gasteiger partial charge in [-0.1, -0.05) is 42.5 Å². The number of benzene rings is 2. The van der Waals surface area contributed by atoms with Crippen LogP contribution < -0.4 is 5.32 Å². The first kappa shape index (κ1) is 14.5. The Morgan fingerprint density at radius 2 is 1.81 bits per heavy atom. The summed E-state index contributed by atoms with van der Waals surface area (Å²) in [5.41, 5.74) is 1.30. The standard InChI is InChI=1S/C18H23NO2/c20-14-18(8-10-21-11-9-18)13-19-12-16-6-3-5-15-4-1-2-7-17(15)16/h1-7,19-20H,8-14H2. The molecule has 3 heteroatoms. The first-order chi connectivity index (χ1) is 10.3. The Balaban J connectivity index is 1.66. The summed E-state index contributed by atoms with van der Waals surface area (Å²) in [7, 11) is 0. The molecule has 21 heavy (non-hydrogen) atoms. The number of rotatable bonds is 5. The van der Waals surface area contributed by atoms with Gasteiger partial charge < -0.3 is 15.2 Å². The van der Waals surface area contributed by atoms with Gasteiger partial charge in [0, 0.05) is 31.7 Å². The van der Waals surface area contributed by atoms with Crippen molar-refractivity contribution in [2.45, 2.75) is 19.4 Å². The number of hydrogen-bond donors (Lipinski definition) is 2. The van der Waals surface area contributed by atoms with Crippen LogP contribution in [-0.2, 0) is 11.3 Å². The van der Waals surface area contributed by atoms with Crippen molar-refractivity contribution in [3.63, 3.8) is 0 Å². The van der Waals surface area contributed by atoms with Gasteiger partial charge in [0.2, 0.25) is 0 Å². The van der Waals surface area contributed by atoms with Crippen molar-refractivity contribution in [1.82, 2.24) is 5.32 Å². The molecule has 0 unspecified atom stereocenters. The highest BCUT2D eigenvalue weighted by Gasteiger charge is 2.31. The average Bonchev–Trinajstić information content (AvgIpc) is 2.56. The molecule has 0 radical (unpaired) electrons. The SMILES string of the molecule is OCC1(CNCc2cccc3ccccc23)CCOCC1. The summed E-state index contributed by atoms with van der Waals surface area (Å²) < 4.78 is 5.41. The van der Waals surface area contributed by atoms with E-state index in [9.17, 15) is 5.11 Å². The lowest BCUT2D eigenvalue weighted by Crippen LogP contribution is -2.41. The molecule has 2 aromatic rings. The molecular formula is C18H23NO2. The highest BCUT2D eigenvalue weighted by molar-refractivity contribution is 5.85. The monoisotopic (exact) mass is 285 g/mol. The second-order valence-electron chi connectivity index (χ2n) is 6.01. The number of aliphatic hydroxyl groups excluding tert-OH is 1. The Bertz CT molecular complexity index is 585. The van der Waals surface area contributed by atoms with E-state index in [1.54, 1.807) is 0 Å². The summed E-state index contributed by atoms with van der Waals surface area (Å²) in [6.07, 6.45) is 1.87. The van der Waals surface area contributed by atoms with E-state index >= 15 is 0 Å². The van der Waals surface area contributed by atoms with Gasteiger partial charge >= 0.3 is 0 Å². The smallest absolute Gasteiger partial charge is 0.0501 e. The van der Waals surface area contributed by atoms with Crippen molar-refractivity contribution in [2.24, 2.45) is 5.41 Å². The quantitative estimate of drug-likeness (QED) is 0.887. The molecule has 3 rings (SSSR count). The third kappa shape index (κ3) is 3.26. The summed E-state index contributed by atoms with van der Waals surface area (Å²) in [6, 6.07) is 14.9. The predicted octanol–water partition coefficient (Wildman–Crippen LogP) is 2.72. The van der Waals surface area contributed by atoms with Gasteiger partial charge in [-0.15, -0.1) is 0 Å². The van der Waals surface area contributed by atoms with Crippen LogP contribution in [-0.4, -0.2) is 31.5 Å². The first-order valence-electron chi connectivity index (χ1n) is 7.69. The van der Waals surface area contributed by atoms with E-state index in [0.29, 0.717) is 0 Å². The molecule has 1 saturated heterocycles. The summed E-state index contributed by atoms with van der Waals surface area (Å²) in [5, 5.41) is 15.8. The Hall–Kier alpha value is -1.42. The van der Waals surface area contributed by atoms with Gasteiger partial charge in [0.05, 0.1) is 6.61 Å². The van der Waals surface area contributed by atoms with Crippen LogP contribution in [0.3, 0.4) is 0 Å². The van der Waals surface area contributed by atoms with Crippen LogP contribution in [0.15, 0.2) is 42.5 Å². The van der Waals surface area contributed by atoms with Gasteiger partial charge in [0.25, 0.3) is 0 Å².